The molecule has 1 rings (SSSR count). The summed E-state index contributed by atoms with van der Waals surface area (Å²) in [4.78, 5) is 11.4. The van der Waals surface area contributed by atoms with E-state index in [9.17, 15) is 4.79 Å². The van der Waals surface area contributed by atoms with Crippen LogP contribution in [-0.4, -0.2) is 10.6 Å². The van der Waals surface area contributed by atoms with Crippen molar-refractivity contribution in [2.24, 2.45) is 0 Å². The van der Waals surface area contributed by atoms with E-state index < -0.39 is 0 Å². The standard InChI is InChI=1S/C9H7BrClIO/c1-5(10)9(13)6-2-3-7(11)8(12)4-6/h2-5H,1H3. The Morgan fingerprint density at radius 3 is 2.69 bits per heavy atom. The average molecular weight is 373 g/mol. The molecule has 1 aromatic carbocycles. The topological polar surface area (TPSA) is 17.1 Å². The number of halogens is 3. The summed E-state index contributed by atoms with van der Waals surface area (Å²) in [6.45, 7) is 1.81. The SMILES string of the molecule is CC(Br)C(=O)c1ccc(Cl)c(I)c1. The second kappa shape index (κ2) is 4.75. The molecule has 0 radical (unpaired) electrons. The number of hydrogen-bond donors (Lipinski definition) is 0. The van der Waals surface area contributed by atoms with Gasteiger partial charge >= 0.3 is 0 Å². The van der Waals surface area contributed by atoms with Gasteiger partial charge in [-0.25, -0.2) is 0 Å². The summed E-state index contributed by atoms with van der Waals surface area (Å²) in [5.41, 5.74) is 0.693. The van der Waals surface area contributed by atoms with Crippen LogP contribution in [0.4, 0.5) is 0 Å². The van der Waals surface area contributed by atoms with Gasteiger partial charge in [-0.05, 0) is 47.7 Å². The maximum absolute atomic E-state index is 11.5. The summed E-state index contributed by atoms with van der Waals surface area (Å²) < 4.78 is 0.901. The van der Waals surface area contributed by atoms with Crippen LogP contribution in [-0.2, 0) is 0 Å². The van der Waals surface area contributed by atoms with Crippen LogP contribution < -0.4 is 0 Å². The van der Waals surface area contributed by atoms with Gasteiger partial charge in [0.2, 0.25) is 0 Å². The number of rotatable bonds is 2. The summed E-state index contributed by atoms with van der Waals surface area (Å²) >= 11 is 11.2. The van der Waals surface area contributed by atoms with Crippen LogP contribution in [0.1, 0.15) is 17.3 Å². The predicted molar refractivity (Wildman–Crippen MR) is 66.9 cm³/mol. The number of Topliss-reactive ketones (excluding diaryl/α,β-unsaturated/α-hetero) is 1. The van der Waals surface area contributed by atoms with Crippen molar-refractivity contribution >= 4 is 55.9 Å². The Morgan fingerprint density at radius 2 is 2.23 bits per heavy atom. The number of ketones is 1. The molecule has 0 N–H and O–H groups in total. The van der Waals surface area contributed by atoms with Crippen molar-refractivity contribution in [3.8, 4) is 0 Å². The first-order valence-electron chi connectivity index (χ1n) is 3.65. The highest BCUT2D eigenvalue weighted by Crippen LogP contribution is 2.21. The molecule has 1 nitrogen and oxygen atoms in total. The van der Waals surface area contributed by atoms with Gasteiger partial charge in [-0.1, -0.05) is 27.5 Å². The molecule has 0 aliphatic carbocycles. The molecular formula is C9H7BrClIO. The number of benzene rings is 1. The molecule has 0 fully saturated rings. The smallest absolute Gasteiger partial charge is 0.176 e. The molecule has 70 valence electrons. The molecule has 0 amide bonds. The molecule has 1 atom stereocenters. The van der Waals surface area contributed by atoms with Crippen molar-refractivity contribution in [1.82, 2.24) is 0 Å². The largest absolute Gasteiger partial charge is 0.293 e. The molecule has 0 spiro atoms. The lowest BCUT2D eigenvalue weighted by atomic mass is 10.1. The monoisotopic (exact) mass is 372 g/mol. The summed E-state index contributed by atoms with van der Waals surface area (Å²) in [5.74, 6) is 0.0783. The molecule has 0 aromatic heterocycles. The van der Waals surface area contributed by atoms with Crippen molar-refractivity contribution < 1.29 is 4.79 Å². The van der Waals surface area contributed by atoms with E-state index in [1.807, 2.05) is 6.92 Å². The van der Waals surface area contributed by atoms with Crippen LogP contribution in [0.2, 0.25) is 5.02 Å². The minimum absolute atomic E-state index is 0.0783. The van der Waals surface area contributed by atoms with E-state index in [1.165, 1.54) is 0 Å². The molecule has 0 bridgehead atoms. The molecule has 4 heteroatoms. The van der Waals surface area contributed by atoms with Crippen LogP contribution in [0.5, 0.6) is 0 Å². The fraction of sp³-hybridized carbons (Fsp3) is 0.222. The summed E-state index contributed by atoms with van der Waals surface area (Å²) in [6, 6.07) is 5.28. The summed E-state index contributed by atoms with van der Waals surface area (Å²) in [6.07, 6.45) is 0. The third-order valence-corrected chi connectivity index (χ3v) is 3.52. The van der Waals surface area contributed by atoms with E-state index in [4.69, 9.17) is 11.6 Å². The Bertz CT molecular complexity index is 338. The van der Waals surface area contributed by atoms with Crippen LogP contribution in [0, 0.1) is 3.57 Å². The van der Waals surface area contributed by atoms with Gasteiger partial charge in [0.1, 0.15) is 0 Å². The lowest BCUT2D eigenvalue weighted by Gasteiger charge is -2.03. The second-order valence-corrected chi connectivity index (χ2v) is 5.55. The number of carbonyl (C=O) groups excluding carboxylic acids is 1. The summed E-state index contributed by atoms with van der Waals surface area (Å²) in [7, 11) is 0. The molecule has 1 unspecified atom stereocenters. The number of hydrogen-bond acceptors (Lipinski definition) is 1. The Balaban J connectivity index is 3.04. The molecule has 0 aliphatic heterocycles. The first kappa shape index (κ1) is 11.5. The molecule has 0 heterocycles. The Kier molecular flexibility index (Phi) is 4.19. The van der Waals surface area contributed by atoms with Gasteiger partial charge in [0.15, 0.2) is 5.78 Å². The highest BCUT2D eigenvalue weighted by molar-refractivity contribution is 14.1. The van der Waals surface area contributed by atoms with Crippen molar-refractivity contribution in [3.63, 3.8) is 0 Å². The fourth-order valence-electron chi connectivity index (χ4n) is 0.879. The first-order chi connectivity index (χ1) is 6.02. The van der Waals surface area contributed by atoms with Crippen LogP contribution in [0.3, 0.4) is 0 Å². The van der Waals surface area contributed by atoms with E-state index >= 15 is 0 Å². The zero-order valence-corrected chi connectivity index (χ0v) is 11.4. The first-order valence-corrected chi connectivity index (χ1v) is 6.03. The lowest BCUT2D eigenvalue weighted by Crippen LogP contribution is -2.09. The van der Waals surface area contributed by atoms with E-state index in [2.05, 4.69) is 38.5 Å². The van der Waals surface area contributed by atoms with Crippen molar-refractivity contribution in [1.29, 1.82) is 0 Å². The third-order valence-electron chi connectivity index (χ3n) is 1.57. The molecule has 13 heavy (non-hydrogen) atoms. The number of carbonyl (C=O) groups is 1. The van der Waals surface area contributed by atoms with Crippen LogP contribution in [0.15, 0.2) is 18.2 Å². The van der Waals surface area contributed by atoms with Gasteiger partial charge in [-0.15, -0.1) is 0 Å². The average Bonchev–Trinajstić information content (AvgIpc) is 2.08. The Hall–Kier alpha value is 0.390. The zero-order chi connectivity index (χ0) is 10.0. The third kappa shape index (κ3) is 2.92. The van der Waals surface area contributed by atoms with E-state index in [0.717, 1.165) is 3.57 Å². The normalized spacial score (nSPS) is 12.6. The Morgan fingerprint density at radius 1 is 1.62 bits per heavy atom. The minimum Gasteiger partial charge on any atom is -0.293 e. The lowest BCUT2D eigenvalue weighted by molar-refractivity contribution is 0.0996. The van der Waals surface area contributed by atoms with Crippen LogP contribution in [0.25, 0.3) is 0 Å². The van der Waals surface area contributed by atoms with Gasteiger partial charge in [-0.3, -0.25) is 4.79 Å². The molecule has 1 aromatic rings. The van der Waals surface area contributed by atoms with Gasteiger partial charge in [0, 0.05) is 9.13 Å². The highest BCUT2D eigenvalue weighted by Gasteiger charge is 2.12. The van der Waals surface area contributed by atoms with Gasteiger partial charge in [0.05, 0.1) is 9.85 Å². The minimum atomic E-state index is -0.149. The quantitative estimate of drug-likeness (QED) is 0.436. The zero-order valence-electron chi connectivity index (χ0n) is 6.85. The maximum Gasteiger partial charge on any atom is 0.176 e. The van der Waals surface area contributed by atoms with Crippen molar-refractivity contribution in [2.45, 2.75) is 11.8 Å². The predicted octanol–water partition coefficient (Wildman–Crippen LogP) is 3.91. The molecule has 0 saturated carbocycles. The van der Waals surface area contributed by atoms with E-state index in [-0.39, 0.29) is 10.6 Å². The molecular weight excluding hydrogens is 366 g/mol. The molecule has 0 aliphatic rings. The van der Waals surface area contributed by atoms with Crippen LogP contribution >= 0.6 is 50.1 Å². The number of alkyl halides is 1. The van der Waals surface area contributed by atoms with Crippen molar-refractivity contribution in [3.05, 3.63) is 32.4 Å². The fourth-order valence-corrected chi connectivity index (χ4v) is 1.78. The van der Waals surface area contributed by atoms with Gasteiger partial charge < -0.3 is 0 Å². The second-order valence-electron chi connectivity index (χ2n) is 2.61. The van der Waals surface area contributed by atoms with E-state index in [0.29, 0.717) is 10.6 Å². The van der Waals surface area contributed by atoms with Crippen molar-refractivity contribution in [2.75, 3.05) is 0 Å². The van der Waals surface area contributed by atoms with Gasteiger partial charge in [-0.2, -0.15) is 0 Å². The summed E-state index contributed by atoms with van der Waals surface area (Å²) in [5, 5.41) is 0.680. The molecule has 0 saturated heterocycles. The van der Waals surface area contributed by atoms with E-state index in [1.54, 1.807) is 18.2 Å². The highest BCUT2D eigenvalue weighted by atomic mass is 127. The maximum atomic E-state index is 11.5. The Labute approximate surface area is 104 Å². The van der Waals surface area contributed by atoms with Gasteiger partial charge in [0.25, 0.3) is 0 Å².